The zero-order valence-corrected chi connectivity index (χ0v) is 5.28. The molecule has 0 spiro atoms. The third-order valence-corrected chi connectivity index (χ3v) is 1.32. The molecular formula is C7H6N3. The Balaban J connectivity index is 0.000000500. The van der Waals surface area contributed by atoms with Crippen LogP contribution in [0.5, 0.6) is 0 Å². The number of fused-ring (bicyclic) bond motifs is 1. The fourth-order valence-corrected chi connectivity index (χ4v) is 0.883. The molecule has 3 radical (unpaired) electrons. The monoisotopic (exact) mass is 132 g/mol. The third-order valence-electron chi connectivity index (χ3n) is 1.32. The van der Waals surface area contributed by atoms with E-state index in [1.54, 1.807) is 6.20 Å². The van der Waals surface area contributed by atoms with Crippen molar-refractivity contribution < 1.29 is 0 Å². The molecule has 0 saturated carbocycles. The first kappa shape index (κ1) is 6.77. The van der Waals surface area contributed by atoms with Gasteiger partial charge in [0, 0.05) is 18.5 Å². The Labute approximate surface area is 58.7 Å². The Morgan fingerprint density at radius 3 is 3.00 bits per heavy atom. The smallest absolute Gasteiger partial charge is 0.0878 e. The van der Waals surface area contributed by atoms with Crippen molar-refractivity contribution in [1.29, 1.82) is 0 Å². The summed E-state index contributed by atoms with van der Waals surface area (Å²) in [6, 6.07) is 5.87. The fraction of sp³-hybridized carbons (Fsp3) is 0. The van der Waals surface area contributed by atoms with E-state index in [2.05, 4.69) is 9.97 Å². The van der Waals surface area contributed by atoms with Crippen molar-refractivity contribution in [3.05, 3.63) is 30.6 Å². The van der Waals surface area contributed by atoms with Crippen LogP contribution in [0.1, 0.15) is 0 Å². The second-order valence-corrected chi connectivity index (χ2v) is 1.91. The summed E-state index contributed by atoms with van der Waals surface area (Å²) >= 11 is 0. The number of rotatable bonds is 0. The van der Waals surface area contributed by atoms with E-state index in [0.717, 1.165) is 11.0 Å². The quantitative estimate of drug-likeness (QED) is 0.572. The summed E-state index contributed by atoms with van der Waals surface area (Å²) in [5, 5.41) is 0. The molecule has 1 N–H and O–H groups in total. The molecule has 49 valence electrons. The van der Waals surface area contributed by atoms with E-state index in [-0.39, 0.29) is 6.15 Å². The van der Waals surface area contributed by atoms with Crippen LogP contribution in [0.3, 0.4) is 0 Å². The minimum atomic E-state index is 0. The molecule has 0 unspecified atom stereocenters. The largest absolute Gasteiger partial charge is 0.360 e. The zero-order valence-electron chi connectivity index (χ0n) is 5.28. The Morgan fingerprint density at radius 2 is 2.20 bits per heavy atom. The second-order valence-electron chi connectivity index (χ2n) is 1.91. The molecule has 3 heteroatoms. The molecule has 2 aromatic heterocycles. The number of hydrogen-bond donors (Lipinski definition) is 1. The average molecular weight is 132 g/mol. The van der Waals surface area contributed by atoms with E-state index in [1.807, 2.05) is 24.4 Å². The predicted octanol–water partition coefficient (Wildman–Crippen LogP) is 1.08. The van der Waals surface area contributed by atoms with Gasteiger partial charge in [0.2, 0.25) is 0 Å². The lowest BCUT2D eigenvalue weighted by molar-refractivity contribution is 1.41. The molecule has 10 heavy (non-hydrogen) atoms. The molecule has 2 heterocycles. The van der Waals surface area contributed by atoms with Crippen molar-refractivity contribution in [3.63, 3.8) is 0 Å². The molecule has 0 aliphatic rings. The first-order valence-corrected chi connectivity index (χ1v) is 2.85. The highest BCUT2D eigenvalue weighted by Gasteiger charge is 1.88. The summed E-state index contributed by atoms with van der Waals surface area (Å²) in [5.41, 5.74) is 2.12. The van der Waals surface area contributed by atoms with Crippen molar-refractivity contribution >= 4 is 11.0 Å². The predicted molar refractivity (Wildman–Crippen MR) is 38.2 cm³/mol. The van der Waals surface area contributed by atoms with Gasteiger partial charge >= 0.3 is 0 Å². The molecule has 0 aliphatic carbocycles. The highest BCUT2D eigenvalue weighted by atomic mass is 14.7. The van der Waals surface area contributed by atoms with E-state index in [4.69, 9.17) is 0 Å². The van der Waals surface area contributed by atoms with Gasteiger partial charge < -0.3 is 4.98 Å². The lowest BCUT2D eigenvalue weighted by atomic mass is 10.4. The molecule has 2 rings (SSSR count). The second kappa shape index (κ2) is 2.49. The number of hydrogen-bond acceptors (Lipinski definition) is 1. The van der Waals surface area contributed by atoms with Crippen LogP contribution >= 0.6 is 0 Å². The summed E-state index contributed by atoms with van der Waals surface area (Å²) in [4.78, 5) is 7.17. The maximum Gasteiger partial charge on any atom is 0.0878 e. The molecule has 3 nitrogen and oxygen atoms in total. The van der Waals surface area contributed by atoms with Crippen LogP contribution in [0.4, 0.5) is 0 Å². The molecule has 0 aliphatic heterocycles. The Hall–Kier alpha value is -1.35. The topological polar surface area (TPSA) is 59.2 Å². The number of nitrogens with zero attached hydrogens (tertiary/aromatic N) is 2. The number of aromatic amines is 1. The summed E-state index contributed by atoms with van der Waals surface area (Å²) in [7, 11) is 0. The summed E-state index contributed by atoms with van der Waals surface area (Å²) < 4.78 is 0. The van der Waals surface area contributed by atoms with Crippen molar-refractivity contribution in [1.82, 2.24) is 16.1 Å². The number of H-pyrrole nitrogens is 1. The van der Waals surface area contributed by atoms with E-state index in [1.165, 1.54) is 0 Å². The zero-order chi connectivity index (χ0) is 6.10. The van der Waals surface area contributed by atoms with Crippen molar-refractivity contribution in [2.24, 2.45) is 0 Å². The number of aromatic nitrogens is 2. The van der Waals surface area contributed by atoms with Crippen molar-refractivity contribution in [3.8, 4) is 0 Å². The minimum absolute atomic E-state index is 0. The lowest BCUT2D eigenvalue weighted by Crippen LogP contribution is -1.68. The van der Waals surface area contributed by atoms with Gasteiger partial charge in [0.05, 0.1) is 11.0 Å². The highest BCUT2D eigenvalue weighted by Crippen LogP contribution is 2.05. The average Bonchev–Trinajstić information content (AvgIpc) is 2.33. The van der Waals surface area contributed by atoms with Gasteiger partial charge in [-0.15, -0.1) is 0 Å². The van der Waals surface area contributed by atoms with Crippen molar-refractivity contribution in [2.45, 2.75) is 0 Å². The van der Waals surface area contributed by atoms with Gasteiger partial charge in [0.15, 0.2) is 0 Å². The first-order valence-electron chi connectivity index (χ1n) is 2.85. The standard InChI is InChI=1S/C7H6N2.N/c1-2-6-7(8-4-1)3-5-9-6;/h1-5,9H;. The van der Waals surface area contributed by atoms with Gasteiger partial charge in [0.1, 0.15) is 0 Å². The molecule has 0 bridgehead atoms. The molecule has 0 amide bonds. The Kier molecular flexibility index (Phi) is 1.69. The maximum atomic E-state index is 4.11. The van der Waals surface area contributed by atoms with Crippen LogP contribution in [-0.4, -0.2) is 9.97 Å². The van der Waals surface area contributed by atoms with Gasteiger partial charge in [-0.3, -0.25) is 4.98 Å². The van der Waals surface area contributed by atoms with Crippen molar-refractivity contribution in [2.75, 3.05) is 0 Å². The first-order chi connectivity index (χ1) is 4.47. The van der Waals surface area contributed by atoms with Gasteiger partial charge in [-0.05, 0) is 18.2 Å². The number of nitrogens with one attached hydrogen (secondary N) is 1. The van der Waals surface area contributed by atoms with E-state index >= 15 is 0 Å². The SMILES string of the molecule is [N].c1cnc2cc[nH]c2c1. The normalized spacial score (nSPS) is 9.20. The molecule has 0 atom stereocenters. The Morgan fingerprint density at radius 1 is 1.30 bits per heavy atom. The van der Waals surface area contributed by atoms with Gasteiger partial charge in [-0.2, -0.15) is 0 Å². The van der Waals surface area contributed by atoms with Crippen LogP contribution in [0.25, 0.3) is 11.0 Å². The van der Waals surface area contributed by atoms with Crippen LogP contribution in [0.15, 0.2) is 30.6 Å². The maximum absolute atomic E-state index is 4.11. The van der Waals surface area contributed by atoms with Crippen LogP contribution < -0.4 is 6.15 Å². The molecular weight excluding hydrogens is 126 g/mol. The summed E-state index contributed by atoms with van der Waals surface area (Å²) in [6.07, 6.45) is 3.67. The van der Waals surface area contributed by atoms with Crippen LogP contribution in [-0.2, 0) is 0 Å². The van der Waals surface area contributed by atoms with E-state index in [9.17, 15) is 0 Å². The molecule has 0 fully saturated rings. The third kappa shape index (κ3) is 0.867. The summed E-state index contributed by atoms with van der Waals surface area (Å²) in [6.45, 7) is 0. The number of pyridine rings is 1. The lowest BCUT2D eigenvalue weighted by Gasteiger charge is -1.82. The van der Waals surface area contributed by atoms with Gasteiger partial charge in [-0.1, -0.05) is 0 Å². The van der Waals surface area contributed by atoms with Crippen LogP contribution in [0.2, 0.25) is 0 Å². The van der Waals surface area contributed by atoms with Gasteiger partial charge in [-0.25, -0.2) is 0 Å². The molecule has 0 saturated heterocycles. The van der Waals surface area contributed by atoms with E-state index < -0.39 is 0 Å². The van der Waals surface area contributed by atoms with Crippen LogP contribution in [0, 0.1) is 0 Å². The minimum Gasteiger partial charge on any atom is -0.360 e. The molecule has 2 aromatic rings. The highest BCUT2D eigenvalue weighted by molar-refractivity contribution is 5.73. The Bertz CT molecular complexity index is 283. The molecule has 0 aromatic carbocycles. The van der Waals surface area contributed by atoms with Gasteiger partial charge in [0.25, 0.3) is 0 Å². The fourth-order valence-electron chi connectivity index (χ4n) is 0.883. The summed E-state index contributed by atoms with van der Waals surface area (Å²) in [5.74, 6) is 0. The van der Waals surface area contributed by atoms with E-state index in [0.29, 0.717) is 0 Å².